The Balaban J connectivity index is 2.44. The molecule has 12 heavy (non-hydrogen) atoms. The van der Waals surface area contributed by atoms with Gasteiger partial charge in [-0.2, -0.15) is 5.26 Å². The number of nitrogens with zero attached hydrogens (tertiary/aromatic N) is 1. The summed E-state index contributed by atoms with van der Waals surface area (Å²) in [5.41, 5.74) is 3.20. The Morgan fingerprint density at radius 3 is 3.17 bits per heavy atom. The molecule has 1 atom stereocenters. The number of benzene rings is 1. The van der Waals surface area contributed by atoms with Crippen molar-refractivity contribution in [2.24, 2.45) is 0 Å². The maximum atomic E-state index is 8.66. The van der Waals surface area contributed by atoms with Gasteiger partial charge in [0.25, 0.3) is 0 Å². The third-order valence-electron chi connectivity index (χ3n) is 2.16. The van der Waals surface area contributed by atoms with Gasteiger partial charge in [0.05, 0.1) is 11.6 Å². The molecule has 1 unspecified atom stereocenters. The first-order valence-electron chi connectivity index (χ1n) is 4.09. The maximum Gasteiger partial charge on any atom is 0.0991 e. The van der Waals surface area contributed by atoms with Crippen LogP contribution in [0.5, 0.6) is 0 Å². The first-order chi connectivity index (χ1) is 5.79. The average Bonchev–Trinajstić information content (AvgIpc) is 2.43. The molecule has 0 amide bonds. The summed E-state index contributed by atoms with van der Waals surface area (Å²) in [5.74, 6) is 0. The van der Waals surface area contributed by atoms with E-state index in [1.807, 2.05) is 18.2 Å². The van der Waals surface area contributed by atoms with Crippen LogP contribution in [0.2, 0.25) is 0 Å². The van der Waals surface area contributed by atoms with Crippen LogP contribution in [-0.4, -0.2) is 6.04 Å². The Kier molecular flexibility index (Phi) is 1.51. The summed E-state index contributed by atoms with van der Waals surface area (Å²) in [5, 5.41) is 12.0. The molecule has 60 valence electrons. The lowest BCUT2D eigenvalue weighted by Crippen LogP contribution is -2.08. The predicted octanol–water partition coefficient (Wildman–Crippen LogP) is 1.91. The summed E-state index contributed by atoms with van der Waals surface area (Å²) < 4.78 is 0. The first-order valence-corrected chi connectivity index (χ1v) is 4.09. The van der Waals surface area contributed by atoms with Crippen LogP contribution >= 0.6 is 0 Å². The Bertz CT molecular complexity index is 349. The smallest absolute Gasteiger partial charge is 0.0991 e. The second-order valence-electron chi connectivity index (χ2n) is 3.23. The molecule has 2 heteroatoms. The molecule has 2 rings (SSSR count). The van der Waals surface area contributed by atoms with E-state index in [1.54, 1.807) is 0 Å². The lowest BCUT2D eigenvalue weighted by atomic mass is 10.1. The zero-order valence-electron chi connectivity index (χ0n) is 6.96. The summed E-state index contributed by atoms with van der Waals surface area (Å²) in [4.78, 5) is 0. The standard InChI is InChI=1S/C10H10N2/c1-7-4-9-5-8(6-11)2-3-10(9)12-7/h2-3,5,7,12H,4H2,1H3. The highest BCUT2D eigenvalue weighted by molar-refractivity contribution is 5.59. The lowest BCUT2D eigenvalue weighted by Gasteiger charge is -2.00. The van der Waals surface area contributed by atoms with Gasteiger partial charge in [-0.15, -0.1) is 0 Å². The molecule has 0 aromatic heterocycles. The van der Waals surface area contributed by atoms with Gasteiger partial charge in [0.15, 0.2) is 0 Å². The molecule has 1 N–H and O–H groups in total. The first kappa shape index (κ1) is 7.17. The molecule has 0 aliphatic carbocycles. The lowest BCUT2D eigenvalue weighted by molar-refractivity contribution is 0.839. The van der Waals surface area contributed by atoms with Crippen molar-refractivity contribution in [1.82, 2.24) is 0 Å². The second kappa shape index (κ2) is 2.53. The average molecular weight is 158 g/mol. The summed E-state index contributed by atoms with van der Waals surface area (Å²) >= 11 is 0. The number of hydrogen-bond donors (Lipinski definition) is 1. The van der Waals surface area contributed by atoms with E-state index in [4.69, 9.17) is 5.26 Å². The third kappa shape index (κ3) is 1.04. The molecule has 2 nitrogen and oxygen atoms in total. The highest BCUT2D eigenvalue weighted by Gasteiger charge is 2.15. The number of nitriles is 1. The van der Waals surface area contributed by atoms with Crippen LogP contribution in [0, 0.1) is 11.3 Å². The quantitative estimate of drug-likeness (QED) is 0.626. The van der Waals surface area contributed by atoms with E-state index in [2.05, 4.69) is 18.3 Å². The van der Waals surface area contributed by atoms with Crippen molar-refractivity contribution in [2.45, 2.75) is 19.4 Å². The molecular formula is C10H10N2. The highest BCUT2D eigenvalue weighted by Crippen LogP contribution is 2.25. The number of hydrogen-bond acceptors (Lipinski definition) is 2. The van der Waals surface area contributed by atoms with Gasteiger partial charge in [0.2, 0.25) is 0 Å². The van der Waals surface area contributed by atoms with Gasteiger partial charge in [-0.25, -0.2) is 0 Å². The second-order valence-corrected chi connectivity index (χ2v) is 3.23. The minimum Gasteiger partial charge on any atom is -0.382 e. The summed E-state index contributed by atoms with van der Waals surface area (Å²) in [7, 11) is 0. The van der Waals surface area contributed by atoms with Gasteiger partial charge in [0.1, 0.15) is 0 Å². The van der Waals surface area contributed by atoms with Gasteiger partial charge >= 0.3 is 0 Å². The molecular weight excluding hydrogens is 148 g/mol. The molecule has 0 saturated heterocycles. The zero-order valence-corrected chi connectivity index (χ0v) is 6.96. The van der Waals surface area contributed by atoms with Gasteiger partial charge < -0.3 is 5.32 Å². The zero-order chi connectivity index (χ0) is 8.55. The molecule has 1 aromatic carbocycles. The molecule has 0 fully saturated rings. The van der Waals surface area contributed by atoms with Crippen molar-refractivity contribution >= 4 is 5.69 Å². The van der Waals surface area contributed by atoms with Crippen LogP contribution < -0.4 is 5.32 Å². The highest BCUT2D eigenvalue weighted by atomic mass is 14.9. The molecule has 0 radical (unpaired) electrons. The topological polar surface area (TPSA) is 35.8 Å². The summed E-state index contributed by atoms with van der Waals surface area (Å²) in [6.07, 6.45) is 1.03. The van der Waals surface area contributed by atoms with Gasteiger partial charge in [-0.05, 0) is 37.1 Å². The number of nitrogens with one attached hydrogen (secondary N) is 1. The minimum atomic E-state index is 0.508. The molecule has 1 heterocycles. The van der Waals surface area contributed by atoms with Crippen LogP contribution in [0.15, 0.2) is 18.2 Å². The van der Waals surface area contributed by atoms with E-state index in [0.29, 0.717) is 6.04 Å². The summed E-state index contributed by atoms with van der Waals surface area (Å²) in [6.45, 7) is 2.14. The summed E-state index contributed by atoms with van der Waals surface area (Å²) in [6, 6.07) is 8.45. The SMILES string of the molecule is CC1Cc2cc(C#N)ccc2N1. The largest absolute Gasteiger partial charge is 0.382 e. The van der Waals surface area contributed by atoms with Crippen LogP contribution in [0.3, 0.4) is 0 Å². The molecule has 0 spiro atoms. The Morgan fingerprint density at radius 1 is 1.58 bits per heavy atom. The predicted molar refractivity (Wildman–Crippen MR) is 47.9 cm³/mol. The van der Waals surface area contributed by atoms with Crippen LogP contribution in [0.1, 0.15) is 18.1 Å². The molecule has 1 aliphatic rings. The van der Waals surface area contributed by atoms with E-state index < -0.39 is 0 Å². The van der Waals surface area contributed by atoms with Crippen molar-refractivity contribution < 1.29 is 0 Å². The van der Waals surface area contributed by atoms with Crippen LogP contribution in [0.4, 0.5) is 5.69 Å². The van der Waals surface area contributed by atoms with Crippen LogP contribution in [0.25, 0.3) is 0 Å². The van der Waals surface area contributed by atoms with E-state index in [1.165, 1.54) is 11.3 Å². The Morgan fingerprint density at radius 2 is 2.42 bits per heavy atom. The Hall–Kier alpha value is -1.49. The van der Waals surface area contributed by atoms with E-state index >= 15 is 0 Å². The van der Waals surface area contributed by atoms with Crippen LogP contribution in [-0.2, 0) is 6.42 Å². The van der Waals surface area contributed by atoms with Crippen molar-refractivity contribution in [3.63, 3.8) is 0 Å². The molecule has 0 bridgehead atoms. The van der Waals surface area contributed by atoms with E-state index in [9.17, 15) is 0 Å². The van der Waals surface area contributed by atoms with Crippen molar-refractivity contribution in [3.8, 4) is 6.07 Å². The minimum absolute atomic E-state index is 0.508. The maximum absolute atomic E-state index is 8.66. The normalized spacial score (nSPS) is 19.5. The van der Waals surface area contributed by atoms with Crippen molar-refractivity contribution in [1.29, 1.82) is 5.26 Å². The fraction of sp³-hybridized carbons (Fsp3) is 0.300. The Labute approximate surface area is 71.8 Å². The number of anilines is 1. The fourth-order valence-corrected chi connectivity index (χ4v) is 1.62. The number of rotatable bonds is 0. The number of fused-ring (bicyclic) bond motifs is 1. The van der Waals surface area contributed by atoms with Gasteiger partial charge in [-0.1, -0.05) is 0 Å². The fourth-order valence-electron chi connectivity index (χ4n) is 1.62. The third-order valence-corrected chi connectivity index (χ3v) is 2.16. The van der Waals surface area contributed by atoms with E-state index in [-0.39, 0.29) is 0 Å². The molecule has 1 aliphatic heterocycles. The van der Waals surface area contributed by atoms with Gasteiger partial charge in [-0.3, -0.25) is 0 Å². The molecule has 1 aromatic rings. The van der Waals surface area contributed by atoms with Gasteiger partial charge in [0, 0.05) is 11.7 Å². The van der Waals surface area contributed by atoms with Crippen molar-refractivity contribution in [2.75, 3.05) is 5.32 Å². The molecule has 0 saturated carbocycles. The van der Waals surface area contributed by atoms with Crippen molar-refractivity contribution in [3.05, 3.63) is 29.3 Å². The van der Waals surface area contributed by atoms with E-state index in [0.717, 1.165) is 12.0 Å². The monoisotopic (exact) mass is 158 g/mol.